The third kappa shape index (κ3) is 3.36. The van der Waals surface area contributed by atoms with E-state index >= 15 is 0 Å². The van der Waals surface area contributed by atoms with Crippen molar-refractivity contribution in [2.24, 2.45) is 0 Å². The Bertz CT molecular complexity index is 846. The van der Waals surface area contributed by atoms with Crippen LogP contribution in [0.15, 0.2) is 46.1 Å². The zero-order valence-corrected chi connectivity index (χ0v) is 13.0. The number of hydrogen-bond donors (Lipinski definition) is 1. The number of aromatic nitrogens is 3. The number of para-hydroxylation sites is 1. The number of hydrogen-bond acceptors (Lipinski definition) is 6. The molecule has 3 rings (SSSR count). The molecule has 0 aliphatic carbocycles. The standard InChI is InChI=1S/C17H18N4O2/c1-2-3-4-8-13-15(21-17-19-10-18-11-20-17)12-7-5-6-9-14(12)23-16(13)22/h5-7,9-11H,2-4,8H2,1H3,(H,18,19,20,21). The fourth-order valence-electron chi connectivity index (χ4n) is 2.53. The van der Waals surface area contributed by atoms with Crippen molar-refractivity contribution in [1.29, 1.82) is 0 Å². The number of rotatable bonds is 6. The Morgan fingerprint density at radius 2 is 1.91 bits per heavy atom. The molecule has 0 amide bonds. The van der Waals surface area contributed by atoms with Crippen LogP contribution in [0.25, 0.3) is 11.0 Å². The van der Waals surface area contributed by atoms with Gasteiger partial charge in [-0.3, -0.25) is 0 Å². The summed E-state index contributed by atoms with van der Waals surface area (Å²) in [5.74, 6) is 0.410. The number of fused-ring (bicyclic) bond motifs is 1. The molecule has 23 heavy (non-hydrogen) atoms. The second-order valence-corrected chi connectivity index (χ2v) is 5.28. The summed E-state index contributed by atoms with van der Waals surface area (Å²) in [5, 5.41) is 4.01. The molecule has 0 radical (unpaired) electrons. The highest BCUT2D eigenvalue weighted by molar-refractivity contribution is 5.92. The number of nitrogens with zero attached hydrogens (tertiary/aromatic N) is 3. The lowest BCUT2D eigenvalue weighted by Gasteiger charge is -2.12. The van der Waals surface area contributed by atoms with Crippen LogP contribution >= 0.6 is 0 Å². The predicted molar refractivity (Wildman–Crippen MR) is 88.8 cm³/mol. The van der Waals surface area contributed by atoms with Gasteiger partial charge in [0.2, 0.25) is 5.95 Å². The molecule has 0 bridgehead atoms. The van der Waals surface area contributed by atoms with Crippen LogP contribution in [-0.2, 0) is 6.42 Å². The lowest BCUT2D eigenvalue weighted by molar-refractivity contribution is 0.547. The quantitative estimate of drug-likeness (QED) is 0.555. The fraction of sp³-hybridized carbons (Fsp3) is 0.294. The minimum absolute atomic E-state index is 0.309. The summed E-state index contributed by atoms with van der Waals surface area (Å²) in [6, 6.07) is 7.46. The molecule has 6 nitrogen and oxygen atoms in total. The highest BCUT2D eigenvalue weighted by Gasteiger charge is 2.15. The molecule has 0 aliphatic rings. The van der Waals surface area contributed by atoms with Crippen molar-refractivity contribution < 1.29 is 4.42 Å². The summed E-state index contributed by atoms with van der Waals surface area (Å²) >= 11 is 0. The molecule has 0 saturated carbocycles. The van der Waals surface area contributed by atoms with Gasteiger partial charge in [-0.25, -0.2) is 19.7 Å². The Morgan fingerprint density at radius 1 is 1.13 bits per heavy atom. The van der Waals surface area contributed by atoms with Gasteiger partial charge in [0, 0.05) is 5.39 Å². The molecule has 0 spiro atoms. The normalized spacial score (nSPS) is 10.8. The summed E-state index contributed by atoms with van der Waals surface area (Å²) in [6.45, 7) is 2.13. The van der Waals surface area contributed by atoms with E-state index in [1.54, 1.807) is 6.07 Å². The van der Waals surface area contributed by atoms with Gasteiger partial charge in [0.25, 0.3) is 0 Å². The van der Waals surface area contributed by atoms with E-state index in [9.17, 15) is 4.79 Å². The maximum Gasteiger partial charge on any atom is 0.341 e. The van der Waals surface area contributed by atoms with Gasteiger partial charge < -0.3 is 9.73 Å². The summed E-state index contributed by atoms with van der Waals surface area (Å²) in [4.78, 5) is 24.4. The van der Waals surface area contributed by atoms with Gasteiger partial charge in [-0.05, 0) is 25.0 Å². The summed E-state index contributed by atoms with van der Waals surface area (Å²) in [6.07, 6.45) is 6.59. The molecule has 0 saturated heterocycles. The number of anilines is 2. The largest absolute Gasteiger partial charge is 0.422 e. The van der Waals surface area contributed by atoms with Crippen LogP contribution in [0.1, 0.15) is 31.7 Å². The molecule has 0 fully saturated rings. The van der Waals surface area contributed by atoms with Crippen molar-refractivity contribution in [3.8, 4) is 0 Å². The van der Waals surface area contributed by atoms with Crippen molar-refractivity contribution >= 4 is 22.6 Å². The van der Waals surface area contributed by atoms with Gasteiger partial charge in [-0.15, -0.1) is 0 Å². The van der Waals surface area contributed by atoms with E-state index in [-0.39, 0.29) is 5.63 Å². The van der Waals surface area contributed by atoms with Gasteiger partial charge in [-0.1, -0.05) is 31.9 Å². The molecule has 0 aliphatic heterocycles. The Morgan fingerprint density at radius 3 is 2.70 bits per heavy atom. The van der Waals surface area contributed by atoms with Crippen LogP contribution in [0.4, 0.5) is 11.6 Å². The summed E-state index contributed by atoms with van der Waals surface area (Å²) < 4.78 is 5.45. The van der Waals surface area contributed by atoms with Gasteiger partial charge >= 0.3 is 5.63 Å². The van der Waals surface area contributed by atoms with Gasteiger partial charge in [0.1, 0.15) is 18.2 Å². The molecule has 6 heteroatoms. The lowest BCUT2D eigenvalue weighted by Crippen LogP contribution is -2.12. The lowest BCUT2D eigenvalue weighted by atomic mass is 10.0. The number of unbranched alkanes of at least 4 members (excludes halogenated alkanes) is 2. The van der Waals surface area contributed by atoms with E-state index in [1.165, 1.54) is 12.7 Å². The topological polar surface area (TPSA) is 80.9 Å². The maximum absolute atomic E-state index is 12.4. The molecule has 118 valence electrons. The Balaban J connectivity index is 2.10. The summed E-state index contributed by atoms with van der Waals surface area (Å²) in [7, 11) is 0. The van der Waals surface area contributed by atoms with Gasteiger partial charge in [-0.2, -0.15) is 0 Å². The summed E-state index contributed by atoms with van der Waals surface area (Å²) in [5.41, 5.74) is 1.60. The van der Waals surface area contributed by atoms with Crippen molar-refractivity contribution in [3.63, 3.8) is 0 Å². The van der Waals surface area contributed by atoms with E-state index in [0.717, 1.165) is 30.3 Å². The average Bonchev–Trinajstić information content (AvgIpc) is 2.58. The van der Waals surface area contributed by atoms with E-state index in [2.05, 4.69) is 27.2 Å². The van der Waals surface area contributed by atoms with Gasteiger partial charge in [0.15, 0.2) is 0 Å². The zero-order valence-electron chi connectivity index (χ0n) is 13.0. The van der Waals surface area contributed by atoms with Crippen LogP contribution < -0.4 is 10.9 Å². The van der Waals surface area contributed by atoms with Crippen LogP contribution in [0, 0.1) is 0 Å². The van der Waals surface area contributed by atoms with Crippen molar-refractivity contribution in [1.82, 2.24) is 15.0 Å². The average molecular weight is 310 g/mol. The highest BCUT2D eigenvalue weighted by Crippen LogP contribution is 2.28. The van der Waals surface area contributed by atoms with Crippen LogP contribution in [0.5, 0.6) is 0 Å². The van der Waals surface area contributed by atoms with E-state index in [1.807, 2.05) is 18.2 Å². The second-order valence-electron chi connectivity index (χ2n) is 5.28. The molecule has 1 aromatic carbocycles. The van der Waals surface area contributed by atoms with Crippen molar-refractivity contribution in [2.75, 3.05) is 5.32 Å². The van der Waals surface area contributed by atoms with Gasteiger partial charge in [0.05, 0.1) is 11.3 Å². The smallest absolute Gasteiger partial charge is 0.341 e. The predicted octanol–water partition coefficient (Wildman–Crippen LogP) is 3.45. The maximum atomic E-state index is 12.4. The Hall–Kier alpha value is -2.76. The Labute approximate surface area is 133 Å². The first kappa shape index (κ1) is 15.1. The fourth-order valence-corrected chi connectivity index (χ4v) is 2.53. The SMILES string of the molecule is CCCCCc1c(Nc2ncncn2)c2ccccc2oc1=O. The van der Waals surface area contributed by atoms with Crippen LogP contribution in [0.3, 0.4) is 0 Å². The minimum atomic E-state index is -0.309. The first-order valence-corrected chi connectivity index (χ1v) is 7.73. The molecule has 3 aromatic rings. The van der Waals surface area contributed by atoms with E-state index in [0.29, 0.717) is 23.5 Å². The molecule has 1 N–H and O–H groups in total. The van der Waals surface area contributed by atoms with Crippen LogP contribution in [-0.4, -0.2) is 15.0 Å². The number of nitrogens with one attached hydrogen (secondary N) is 1. The second kappa shape index (κ2) is 7.00. The minimum Gasteiger partial charge on any atom is -0.422 e. The highest BCUT2D eigenvalue weighted by atomic mass is 16.4. The Kier molecular flexibility index (Phi) is 4.61. The molecule has 0 atom stereocenters. The van der Waals surface area contributed by atoms with Crippen molar-refractivity contribution in [3.05, 3.63) is 52.9 Å². The molecule has 2 heterocycles. The van der Waals surface area contributed by atoms with Crippen molar-refractivity contribution in [2.45, 2.75) is 32.6 Å². The molecule has 0 unspecified atom stereocenters. The van der Waals surface area contributed by atoms with Crippen LogP contribution in [0.2, 0.25) is 0 Å². The molecule has 2 aromatic heterocycles. The first-order valence-electron chi connectivity index (χ1n) is 7.73. The molecular weight excluding hydrogens is 292 g/mol. The first-order chi connectivity index (χ1) is 11.3. The third-order valence-electron chi connectivity index (χ3n) is 3.67. The number of benzene rings is 1. The van der Waals surface area contributed by atoms with E-state index in [4.69, 9.17) is 4.42 Å². The van der Waals surface area contributed by atoms with E-state index < -0.39 is 0 Å². The monoisotopic (exact) mass is 310 g/mol. The third-order valence-corrected chi connectivity index (χ3v) is 3.67. The zero-order chi connectivity index (χ0) is 16.1. The molecular formula is C17H18N4O2.